The molecule has 1 aliphatic heterocycles. The molecule has 2 atom stereocenters. The number of hydrogen-bond acceptors (Lipinski definition) is 4. The van der Waals surface area contributed by atoms with Crippen molar-refractivity contribution in [3.05, 3.63) is 23.8 Å². The molecule has 4 heteroatoms. The fourth-order valence-electron chi connectivity index (χ4n) is 2.69. The second kappa shape index (κ2) is 7.50. The summed E-state index contributed by atoms with van der Waals surface area (Å²) in [5.74, 6) is 1.63. The molecule has 20 heavy (non-hydrogen) atoms. The van der Waals surface area contributed by atoms with Gasteiger partial charge in [0.15, 0.2) is 0 Å². The van der Waals surface area contributed by atoms with Gasteiger partial charge < -0.3 is 19.9 Å². The number of methoxy groups -OCH3 is 2. The van der Waals surface area contributed by atoms with Crippen LogP contribution in [0.3, 0.4) is 0 Å². The van der Waals surface area contributed by atoms with Crippen LogP contribution in [0.4, 0.5) is 0 Å². The summed E-state index contributed by atoms with van der Waals surface area (Å²) in [6.07, 6.45) is 5.87. The van der Waals surface area contributed by atoms with Crippen molar-refractivity contribution in [3.63, 3.8) is 0 Å². The Hall–Kier alpha value is -1.26. The molecule has 112 valence electrons. The summed E-state index contributed by atoms with van der Waals surface area (Å²) in [6, 6.07) is 5.71. The Labute approximate surface area is 121 Å². The zero-order valence-electron chi connectivity index (χ0n) is 12.4. The van der Waals surface area contributed by atoms with Crippen molar-refractivity contribution in [2.45, 2.75) is 44.2 Å². The van der Waals surface area contributed by atoms with Crippen LogP contribution in [-0.4, -0.2) is 26.9 Å². The van der Waals surface area contributed by atoms with E-state index in [1.807, 2.05) is 18.2 Å². The lowest BCUT2D eigenvalue weighted by molar-refractivity contribution is 0.00909. The molecule has 2 unspecified atom stereocenters. The van der Waals surface area contributed by atoms with Crippen LogP contribution in [0.1, 0.15) is 43.7 Å². The van der Waals surface area contributed by atoms with Gasteiger partial charge >= 0.3 is 0 Å². The molecule has 0 amide bonds. The summed E-state index contributed by atoms with van der Waals surface area (Å²) in [4.78, 5) is 0. The molecule has 0 radical (unpaired) electrons. The van der Waals surface area contributed by atoms with E-state index in [0.717, 1.165) is 42.9 Å². The van der Waals surface area contributed by atoms with Gasteiger partial charge in [0.2, 0.25) is 0 Å². The maximum atomic E-state index is 6.32. The minimum atomic E-state index is -0.0504. The summed E-state index contributed by atoms with van der Waals surface area (Å²) in [7, 11) is 3.33. The quantitative estimate of drug-likeness (QED) is 0.869. The predicted molar refractivity (Wildman–Crippen MR) is 79.3 cm³/mol. The van der Waals surface area contributed by atoms with Gasteiger partial charge in [0, 0.05) is 18.2 Å². The zero-order valence-corrected chi connectivity index (χ0v) is 12.4. The van der Waals surface area contributed by atoms with Crippen LogP contribution in [0.15, 0.2) is 18.2 Å². The highest BCUT2D eigenvalue weighted by Gasteiger charge is 2.18. The molecular weight excluding hydrogens is 254 g/mol. The number of hydrogen-bond donors (Lipinski definition) is 1. The molecule has 1 aromatic carbocycles. The van der Waals surface area contributed by atoms with E-state index in [1.165, 1.54) is 12.8 Å². The number of nitrogens with two attached hydrogens (primary N) is 1. The molecule has 1 saturated heterocycles. The van der Waals surface area contributed by atoms with Gasteiger partial charge in [-0.1, -0.05) is 0 Å². The zero-order chi connectivity index (χ0) is 14.4. The van der Waals surface area contributed by atoms with E-state index in [9.17, 15) is 0 Å². The highest BCUT2D eigenvalue weighted by Crippen LogP contribution is 2.31. The van der Waals surface area contributed by atoms with Gasteiger partial charge in [-0.3, -0.25) is 0 Å². The van der Waals surface area contributed by atoms with Crippen molar-refractivity contribution >= 4 is 0 Å². The Bertz CT molecular complexity index is 416. The van der Waals surface area contributed by atoms with E-state index in [2.05, 4.69) is 0 Å². The number of rotatable bonds is 6. The molecule has 1 heterocycles. The van der Waals surface area contributed by atoms with E-state index in [1.54, 1.807) is 14.2 Å². The Kier molecular flexibility index (Phi) is 5.68. The van der Waals surface area contributed by atoms with Crippen molar-refractivity contribution in [2.75, 3.05) is 20.8 Å². The van der Waals surface area contributed by atoms with Crippen LogP contribution in [0.5, 0.6) is 11.5 Å². The molecule has 0 aromatic heterocycles. The Morgan fingerprint density at radius 2 is 2.15 bits per heavy atom. The predicted octanol–water partition coefficient (Wildman–Crippen LogP) is 3.05. The summed E-state index contributed by atoms with van der Waals surface area (Å²) < 4.78 is 16.4. The van der Waals surface area contributed by atoms with Gasteiger partial charge in [0.05, 0.1) is 20.3 Å². The first-order valence-electron chi connectivity index (χ1n) is 7.33. The standard InChI is InChI=1S/C16H25NO3/c1-18-13-7-9-16(19-2)14(11-13)15(17)8-6-12-5-3-4-10-20-12/h7,9,11-12,15H,3-6,8,10,17H2,1-2H3. The Morgan fingerprint density at radius 3 is 2.80 bits per heavy atom. The molecule has 2 rings (SSSR count). The second-order valence-electron chi connectivity index (χ2n) is 5.28. The average molecular weight is 279 g/mol. The highest BCUT2D eigenvalue weighted by molar-refractivity contribution is 5.42. The minimum Gasteiger partial charge on any atom is -0.497 e. The highest BCUT2D eigenvalue weighted by atomic mass is 16.5. The second-order valence-corrected chi connectivity index (χ2v) is 5.28. The lowest BCUT2D eigenvalue weighted by Gasteiger charge is -2.24. The average Bonchev–Trinajstić information content (AvgIpc) is 2.52. The fourth-order valence-corrected chi connectivity index (χ4v) is 2.69. The van der Waals surface area contributed by atoms with Crippen molar-refractivity contribution in [2.24, 2.45) is 5.73 Å². The molecule has 1 aliphatic rings. The maximum absolute atomic E-state index is 6.32. The van der Waals surface area contributed by atoms with Crippen LogP contribution in [0.25, 0.3) is 0 Å². The first kappa shape index (κ1) is 15.1. The summed E-state index contributed by atoms with van der Waals surface area (Å²) in [6.45, 7) is 0.891. The third-order valence-corrected chi connectivity index (χ3v) is 3.91. The van der Waals surface area contributed by atoms with Gasteiger partial charge in [0.1, 0.15) is 11.5 Å². The molecule has 0 spiro atoms. The molecule has 0 bridgehead atoms. The van der Waals surface area contributed by atoms with Gasteiger partial charge in [0.25, 0.3) is 0 Å². The fraction of sp³-hybridized carbons (Fsp3) is 0.625. The lowest BCUT2D eigenvalue weighted by atomic mass is 9.97. The normalized spacial score (nSPS) is 20.4. The van der Waals surface area contributed by atoms with E-state index in [4.69, 9.17) is 19.9 Å². The van der Waals surface area contributed by atoms with E-state index >= 15 is 0 Å². The molecule has 4 nitrogen and oxygen atoms in total. The molecule has 1 fully saturated rings. The smallest absolute Gasteiger partial charge is 0.123 e. The first-order valence-corrected chi connectivity index (χ1v) is 7.33. The van der Waals surface area contributed by atoms with Gasteiger partial charge in [-0.15, -0.1) is 0 Å². The van der Waals surface area contributed by atoms with Crippen molar-refractivity contribution in [1.82, 2.24) is 0 Å². The van der Waals surface area contributed by atoms with Crippen LogP contribution in [0, 0.1) is 0 Å². The minimum absolute atomic E-state index is 0.0504. The van der Waals surface area contributed by atoms with Crippen molar-refractivity contribution in [3.8, 4) is 11.5 Å². The third-order valence-electron chi connectivity index (χ3n) is 3.91. The van der Waals surface area contributed by atoms with Gasteiger partial charge in [-0.25, -0.2) is 0 Å². The maximum Gasteiger partial charge on any atom is 0.123 e. The lowest BCUT2D eigenvalue weighted by Crippen LogP contribution is -2.21. The van der Waals surface area contributed by atoms with E-state index < -0.39 is 0 Å². The molecule has 2 N–H and O–H groups in total. The summed E-state index contributed by atoms with van der Waals surface area (Å²) in [5.41, 5.74) is 7.32. The summed E-state index contributed by atoms with van der Waals surface area (Å²) in [5, 5.41) is 0. The van der Waals surface area contributed by atoms with Gasteiger partial charge in [-0.2, -0.15) is 0 Å². The molecule has 0 saturated carbocycles. The largest absolute Gasteiger partial charge is 0.497 e. The third kappa shape index (κ3) is 3.87. The van der Waals surface area contributed by atoms with Crippen LogP contribution in [-0.2, 0) is 4.74 Å². The van der Waals surface area contributed by atoms with Crippen molar-refractivity contribution < 1.29 is 14.2 Å². The molecule has 0 aliphatic carbocycles. The summed E-state index contributed by atoms with van der Waals surface area (Å²) >= 11 is 0. The molecule has 1 aromatic rings. The molecular formula is C16H25NO3. The topological polar surface area (TPSA) is 53.7 Å². The van der Waals surface area contributed by atoms with Crippen molar-refractivity contribution in [1.29, 1.82) is 0 Å². The first-order chi connectivity index (χ1) is 9.74. The van der Waals surface area contributed by atoms with E-state index in [-0.39, 0.29) is 6.04 Å². The number of ether oxygens (including phenoxy) is 3. The van der Waals surface area contributed by atoms with Crippen LogP contribution in [0.2, 0.25) is 0 Å². The van der Waals surface area contributed by atoms with Crippen LogP contribution >= 0.6 is 0 Å². The number of benzene rings is 1. The van der Waals surface area contributed by atoms with E-state index in [0.29, 0.717) is 6.10 Å². The Morgan fingerprint density at radius 1 is 1.30 bits per heavy atom. The monoisotopic (exact) mass is 279 g/mol. The Balaban J connectivity index is 1.98. The van der Waals surface area contributed by atoms with Crippen LogP contribution < -0.4 is 15.2 Å². The SMILES string of the molecule is COc1ccc(OC)c(C(N)CCC2CCCCO2)c1. The van der Waals surface area contributed by atoms with Gasteiger partial charge in [-0.05, 0) is 50.3 Å².